The van der Waals surface area contributed by atoms with E-state index < -0.39 is 11.8 Å². The molecule has 6 heteroatoms. The molecule has 0 atom stereocenters. The summed E-state index contributed by atoms with van der Waals surface area (Å²) in [6, 6.07) is 4.07. The van der Waals surface area contributed by atoms with Crippen molar-refractivity contribution in [2.75, 3.05) is 14.2 Å². The van der Waals surface area contributed by atoms with Crippen molar-refractivity contribution in [2.45, 2.75) is 0 Å². The number of carbonyl (C=O) groups is 2. The molecule has 1 aromatic carbocycles. The van der Waals surface area contributed by atoms with Crippen LogP contribution in [-0.2, 0) is 4.79 Å². The Bertz CT molecular complexity index is 402. The largest absolute Gasteiger partial charge is 1.00 e. The fraction of sp³-hybridized carbons (Fsp3) is 0.200. The van der Waals surface area contributed by atoms with Crippen LogP contribution in [0.2, 0.25) is 0 Å². The molecular formula is C10H9NaO5. The predicted molar refractivity (Wildman–Crippen MR) is 48.9 cm³/mol. The number of hydrogen-bond donors (Lipinski definition) is 0. The molecule has 0 aliphatic heterocycles. The Morgan fingerprint density at radius 3 is 2.12 bits per heavy atom. The summed E-state index contributed by atoms with van der Waals surface area (Å²) >= 11 is 0. The second kappa shape index (κ2) is 6.52. The Balaban J connectivity index is 0.00000225. The Kier molecular flexibility index (Phi) is 6.10. The van der Waals surface area contributed by atoms with Gasteiger partial charge in [-0.25, -0.2) is 0 Å². The molecule has 0 spiro atoms. The quantitative estimate of drug-likeness (QED) is 0.308. The van der Waals surface area contributed by atoms with Crippen LogP contribution in [0.4, 0.5) is 0 Å². The van der Waals surface area contributed by atoms with Crippen molar-refractivity contribution < 1.29 is 53.7 Å². The summed E-state index contributed by atoms with van der Waals surface area (Å²) in [4.78, 5) is 21.4. The van der Waals surface area contributed by atoms with Gasteiger partial charge in [-0.05, 0) is 18.2 Å². The van der Waals surface area contributed by atoms with Gasteiger partial charge in [0.05, 0.1) is 14.2 Å². The average molecular weight is 232 g/mol. The van der Waals surface area contributed by atoms with E-state index in [9.17, 15) is 14.7 Å². The number of carboxylic acid groups (broad SMARTS) is 1. The maximum atomic E-state index is 11.1. The Hall–Kier alpha value is -1.04. The molecule has 0 aliphatic carbocycles. The molecule has 0 saturated carbocycles. The third kappa shape index (κ3) is 3.23. The van der Waals surface area contributed by atoms with E-state index in [0.29, 0.717) is 11.5 Å². The van der Waals surface area contributed by atoms with Gasteiger partial charge in [0.25, 0.3) is 0 Å². The molecule has 0 aliphatic rings. The van der Waals surface area contributed by atoms with Crippen LogP contribution in [0.15, 0.2) is 18.2 Å². The summed E-state index contributed by atoms with van der Waals surface area (Å²) in [5, 5.41) is 10.3. The van der Waals surface area contributed by atoms with Gasteiger partial charge in [0.1, 0.15) is 5.97 Å². The van der Waals surface area contributed by atoms with E-state index in [4.69, 9.17) is 9.47 Å². The Morgan fingerprint density at radius 2 is 1.69 bits per heavy atom. The first kappa shape index (κ1) is 15.0. The minimum absolute atomic E-state index is 0. The molecular weight excluding hydrogens is 223 g/mol. The van der Waals surface area contributed by atoms with E-state index >= 15 is 0 Å². The van der Waals surface area contributed by atoms with Crippen LogP contribution in [0.25, 0.3) is 0 Å². The van der Waals surface area contributed by atoms with Crippen LogP contribution in [0, 0.1) is 0 Å². The van der Waals surface area contributed by atoms with Crippen molar-refractivity contribution in [1.82, 2.24) is 0 Å². The summed E-state index contributed by atoms with van der Waals surface area (Å²) in [5.74, 6) is -2.12. The third-order valence-electron chi connectivity index (χ3n) is 1.83. The van der Waals surface area contributed by atoms with Crippen molar-refractivity contribution in [3.63, 3.8) is 0 Å². The molecule has 80 valence electrons. The molecule has 0 unspecified atom stereocenters. The predicted octanol–water partition coefficient (Wildman–Crippen LogP) is -3.36. The molecule has 0 aromatic heterocycles. The first-order chi connectivity index (χ1) is 7.10. The fourth-order valence-electron chi connectivity index (χ4n) is 1.10. The van der Waals surface area contributed by atoms with Crippen LogP contribution in [-0.4, -0.2) is 26.0 Å². The van der Waals surface area contributed by atoms with Gasteiger partial charge in [0.15, 0.2) is 11.5 Å². The number of benzene rings is 1. The summed E-state index contributed by atoms with van der Waals surface area (Å²) < 4.78 is 9.85. The number of aliphatic carboxylic acids is 1. The number of rotatable bonds is 4. The molecule has 16 heavy (non-hydrogen) atoms. The number of carboxylic acids is 1. The maximum Gasteiger partial charge on any atom is 1.00 e. The maximum absolute atomic E-state index is 11.1. The van der Waals surface area contributed by atoms with E-state index in [0.717, 1.165) is 0 Å². The van der Waals surface area contributed by atoms with Crippen LogP contribution in [0.1, 0.15) is 10.4 Å². The van der Waals surface area contributed by atoms with Crippen molar-refractivity contribution in [2.24, 2.45) is 0 Å². The van der Waals surface area contributed by atoms with Gasteiger partial charge < -0.3 is 19.4 Å². The first-order valence-electron chi connectivity index (χ1n) is 4.08. The second-order valence-corrected chi connectivity index (χ2v) is 2.69. The normalized spacial score (nSPS) is 8.88. The van der Waals surface area contributed by atoms with Crippen LogP contribution < -0.4 is 44.1 Å². The average Bonchev–Trinajstić information content (AvgIpc) is 2.26. The van der Waals surface area contributed by atoms with E-state index in [1.807, 2.05) is 0 Å². The van der Waals surface area contributed by atoms with Crippen LogP contribution in [0.3, 0.4) is 0 Å². The topological polar surface area (TPSA) is 75.7 Å². The minimum Gasteiger partial charge on any atom is -0.541 e. The van der Waals surface area contributed by atoms with Gasteiger partial charge in [-0.1, -0.05) is 0 Å². The minimum atomic E-state index is -1.75. The number of ketones is 1. The standard InChI is InChI=1S/C10H10O5.Na/c1-14-7-4-3-6(5-8(7)15-2)9(11)10(12)13;/h3-5H,1-2H3,(H,12,13);/q;+1/p-1. The van der Waals surface area contributed by atoms with Crippen molar-refractivity contribution >= 4 is 11.8 Å². The summed E-state index contributed by atoms with van der Waals surface area (Å²) in [5.41, 5.74) is -0.00681. The molecule has 0 radical (unpaired) electrons. The number of Topliss-reactive ketones (excluding diaryl/α,β-unsaturated/α-hetero) is 1. The molecule has 0 N–H and O–H groups in total. The molecule has 0 bridgehead atoms. The van der Waals surface area contributed by atoms with Crippen molar-refractivity contribution in [3.8, 4) is 11.5 Å². The van der Waals surface area contributed by atoms with Crippen LogP contribution in [0.5, 0.6) is 11.5 Å². The zero-order chi connectivity index (χ0) is 11.4. The summed E-state index contributed by atoms with van der Waals surface area (Å²) in [6.07, 6.45) is 0. The monoisotopic (exact) mass is 232 g/mol. The summed E-state index contributed by atoms with van der Waals surface area (Å²) in [6.45, 7) is 0. The fourth-order valence-corrected chi connectivity index (χ4v) is 1.10. The van der Waals surface area contributed by atoms with Crippen molar-refractivity contribution in [3.05, 3.63) is 23.8 Å². The van der Waals surface area contributed by atoms with Crippen molar-refractivity contribution in [1.29, 1.82) is 0 Å². The SMILES string of the molecule is COc1ccc(C(=O)C(=O)[O-])cc1OC.[Na+]. The summed E-state index contributed by atoms with van der Waals surface area (Å²) in [7, 11) is 2.84. The number of carbonyl (C=O) groups excluding carboxylic acids is 2. The zero-order valence-electron chi connectivity index (χ0n) is 9.27. The second-order valence-electron chi connectivity index (χ2n) is 2.69. The van der Waals surface area contributed by atoms with Crippen LogP contribution >= 0.6 is 0 Å². The number of hydrogen-bond acceptors (Lipinski definition) is 5. The first-order valence-corrected chi connectivity index (χ1v) is 4.08. The van der Waals surface area contributed by atoms with Gasteiger partial charge in [0.2, 0.25) is 5.78 Å². The van der Waals surface area contributed by atoms with E-state index in [2.05, 4.69) is 0 Å². The molecule has 1 aromatic rings. The molecule has 0 fully saturated rings. The molecule has 0 saturated heterocycles. The van der Waals surface area contributed by atoms with Gasteiger partial charge in [0, 0.05) is 5.56 Å². The zero-order valence-corrected chi connectivity index (χ0v) is 11.3. The van der Waals surface area contributed by atoms with E-state index in [1.165, 1.54) is 32.4 Å². The van der Waals surface area contributed by atoms with Gasteiger partial charge >= 0.3 is 29.6 Å². The van der Waals surface area contributed by atoms with Gasteiger partial charge in [-0.3, -0.25) is 4.79 Å². The molecule has 5 nitrogen and oxygen atoms in total. The number of methoxy groups -OCH3 is 2. The van der Waals surface area contributed by atoms with Gasteiger partial charge in [-0.15, -0.1) is 0 Å². The molecule has 1 rings (SSSR count). The molecule has 0 heterocycles. The Morgan fingerprint density at radius 1 is 1.12 bits per heavy atom. The van der Waals surface area contributed by atoms with E-state index in [-0.39, 0.29) is 35.1 Å². The third-order valence-corrected chi connectivity index (χ3v) is 1.83. The van der Waals surface area contributed by atoms with E-state index in [1.54, 1.807) is 0 Å². The Labute approximate surface area is 115 Å². The van der Waals surface area contributed by atoms with Gasteiger partial charge in [-0.2, -0.15) is 0 Å². The smallest absolute Gasteiger partial charge is 0.541 e. The molecule has 0 amide bonds. The number of ether oxygens (including phenoxy) is 2.